The number of piperidine rings is 1. The third kappa shape index (κ3) is 1.46. The van der Waals surface area contributed by atoms with E-state index in [1.807, 2.05) is 0 Å². The fourth-order valence-electron chi connectivity index (χ4n) is 3.61. The first-order valence-corrected chi connectivity index (χ1v) is 6.48. The summed E-state index contributed by atoms with van der Waals surface area (Å²) in [5.41, 5.74) is -0.206. The molecule has 94 valence electrons. The lowest BCUT2D eigenvalue weighted by Gasteiger charge is -2.60. The number of nitrogens with zero attached hydrogens (tertiary/aromatic N) is 2. The Bertz CT molecular complexity index is 342. The summed E-state index contributed by atoms with van der Waals surface area (Å²) in [7, 11) is 2.18. The fraction of sp³-hybridized carbons (Fsp3) is 0.923. The molecule has 4 heteroatoms. The molecule has 0 aliphatic carbocycles. The number of hydrogen-bond acceptors (Lipinski definition) is 4. The van der Waals surface area contributed by atoms with Crippen molar-refractivity contribution in [3.63, 3.8) is 0 Å². The van der Waals surface area contributed by atoms with E-state index in [9.17, 15) is 5.26 Å². The summed E-state index contributed by atoms with van der Waals surface area (Å²) < 4.78 is 10.8. The van der Waals surface area contributed by atoms with Crippen LogP contribution in [0.5, 0.6) is 0 Å². The van der Waals surface area contributed by atoms with Crippen molar-refractivity contribution in [2.45, 2.75) is 12.8 Å². The van der Waals surface area contributed by atoms with Gasteiger partial charge in [0.25, 0.3) is 0 Å². The van der Waals surface area contributed by atoms with Crippen LogP contribution in [0.3, 0.4) is 0 Å². The average Bonchev–Trinajstić information content (AvgIpc) is 2.20. The van der Waals surface area contributed by atoms with Gasteiger partial charge in [0.15, 0.2) is 0 Å². The molecule has 0 radical (unpaired) electrons. The Kier molecular flexibility index (Phi) is 2.66. The Morgan fingerprint density at radius 2 is 1.94 bits per heavy atom. The standard InChI is InChI=1S/C13H20N2O2/c1-15-4-2-3-11(5-15)13(9-17-10-13)12(6-14)7-16-8-12/h11H,2-5,7-10H2,1H3. The van der Waals surface area contributed by atoms with Crippen molar-refractivity contribution in [2.24, 2.45) is 16.7 Å². The lowest BCUT2D eigenvalue weighted by Crippen LogP contribution is -2.68. The minimum Gasteiger partial charge on any atom is -0.380 e. The smallest absolute Gasteiger partial charge is 0.114 e. The van der Waals surface area contributed by atoms with Crippen LogP contribution in [-0.4, -0.2) is 51.5 Å². The average molecular weight is 236 g/mol. The van der Waals surface area contributed by atoms with E-state index in [1.165, 1.54) is 19.4 Å². The second kappa shape index (κ2) is 3.94. The Balaban J connectivity index is 1.84. The summed E-state index contributed by atoms with van der Waals surface area (Å²) in [6.07, 6.45) is 2.47. The van der Waals surface area contributed by atoms with Gasteiger partial charge in [-0.05, 0) is 32.4 Å². The van der Waals surface area contributed by atoms with Crippen molar-refractivity contribution in [3.05, 3.63) is 0 Å². The Morgan fingerprint density at radius 1 is 1.24 bits per heavy atom. The second-order valence-corrected chi connectivity index (χ2v) is 5.94. The van der Waals surface area contributed by atoms with Crippen molar-refractivity contribution in [1.82, 2.24) is 4.90 Å². The van der Waals surface area contributed by atoms with Crippen LogP contribution in [0.15, 0.2) is 0 Å². The van der Waals surface area contributed by atoms with Gasteiger partial charge in [-0.25, -0.2) is 0 Å². The van der Waals surface area contributed by atoms with Gasteiger partial charge in [0.1, 0.15) is 5.41 Å². The van der Waals surface area contributed by atoms with E-state index in [4.69, 9.17) is 9.47 Å². The van der Waals surface area contributed by atoms with Crippen LogP contribution in [0.25, 0.3) is 0 Å². The van der Waals surface area contributed by atoms with Crippen molar-refractivity contribution in [2.75, 3.05) is 46.6 Å². The molecule has 3 aliphatic heterocycles. The van der Waals surface area contributed by atoms with Gasteiger partial charge in [-0.1, -0.05) is 0 Å². The minimum atomic E-state index is -0.270. The summed E-state index contributed by atoms with van der Waals surface area (Å²) in [6, 6.07) is 2.55. The fourth-order valence-corrected chi connectivity index (χ4v) is 3.61. The number of nitriles is 1. The van der Waals surface area contributed by atoms with E-state index >= 15 is 0 Å². The van der Waals surface area contributed by atoms with Crippen molar-refractivity contribution in [3.8, 4) is 6.07 Å². The molecule has 0 bridgehead atoms. The van der Waals surface area contributed by atoms with Crippen LogP contribution in [0.4, 0.5) is 0 Å². The third-order valence-electron chi connectivity index (χ3n) is 4.99. The van der Waals surface area contributed by atoms with Crippen LogP contribution < -0.4 is 0 Å². The molecular formula is C13H20N2O2. The monoisotopic (exact) mass is 236 g/mol. The largest absolute Gasteiger partial charge is 0.380 e. The number of ether oxygens (including phenoxy) is 2. The van der Waals surface area contributed by atoms with Gasteiger partial charge in [-0.15, -0.1) is 0 Å². The lowest BCUT2D eigenvalue weighted by molar-refractivity contribution is -0.270. The van der Waals surface area contributed by atoms with Gasteiger partial charge < -0.3 is 14.4 Å². The highest BCUT2D eigenvalue weighted by Crippen LogP contribution is 2.56. The molecule has 0 aromatic carbocycles. The topological polar surface area (TPSA) is 45.5 Å². The molecule has 0 amide bonds. The van der Waals surface area contributed by atoms with Gasteiger partial charge in [-0.3, -0.25) is 0 Å². The van der Waals surface area contributed by atoms with Crippen molar-refractivity contribution < 1.29 is 9.47 Å². The molecule has 0 saturated carbocycles. The molecular weight excluding hydrogens is 216 g/mol. The molecule has 0 N–H and O–H groups in total. The predicted molar refractivity (Wildman–Crippen MR) is 62.3 cm³/mol. The highest BCUT2D eigenvalue weighted by atomic mass is 16.5. The maximum atomic E-state index is 9.53. The molecule has 17 heavy (non-hydrogen) atoms. The molecule has 0 spiro atoms. The van der Waals surface area contributed by atoms with E-state index < -0.39 is 0 Å². The van der Waals surface area contributed by atoms with E-state index in [0.717, 1.165) is 19.8 Å². The summed E-state index contributed by atoms with van der Waals surface area (Å²) in [4.78, 5) is 2.39. The van der Waals surface area contributed by atoms with Crippen molar-refractivity contribution in [1.29, 1.82) is 5.26 Å². The zero-order chi connectivity index (χ0) is 11.9. The molecule has 3 rings (SSSR count). The van der Waals surface area contributed by atoms with E-state index in [0.29, 0.717) is 19.1 Å². The number of likely N-dealkylation sites (tertiary alicyclic amines) is 1. The van der Waals surface area contributed by atoms with Gasteiger partial charge in [-0.2, -0.15) is 5.26 Å². The quantitative estimate of drug-likeness (QED) is 0.714. The van der Waals surface area contributed by atoms with Crippen LogP contribution >= 0.6 is 0 Å². The minimum absolute atomic E-state index is 0.0642. The molecule has 1 atom stereocenters. The first kappa shape index (κ1) is 11.5. The molecule has 3 saturated heterocycles. The summed E-state index contributed by atoms with van der Waals surface area (Å²) >= 11 is 0. The lowest BCUT2D eigenvalue weighted by atomic mass is 9.54. The SMILES string of the molecule is CN1CCCC(C2(C3(C#N)COC3)COC2)C1. The van der Waals surface area contributed by atoms with Gasteiger partial charge >= 0.3 is 0 Å². The first-order chi connectivity index (χ1) is 8.22. The predicted octanol–water partition coefficient (Wildman–Crippen LogP) is 0.885. The van der Waals surface area contributed by atoms with Gasteiger partial charge in [0.2, 0.25) is 0 Å². The molecule has 0 aromatic heterocycles. The van der Waals surface area contributed by atoms with Crippen LogP contribution in [0, 0.1) is 28.1 Å². The molecule has 4 nitrogen and oxygen atoms in total. The Morgan fingerprint density at radius 3 is 2.35 bits per heavy atom. The van der Waals surface area contributed by atoms with E-state index in [2.05, 4.69) is 18.0 Å². The molecule has 3 heterocycles. The van der Waals surface area contributed by atoms with E-state index in [-0.39, 0.29) is 10.8 Å². The molecule has 3 aliphatic rings. The highest BCUT2D eigenvalue weighted by Gasteiger charge is 2.64. The van der Waals surface area contributed by atoms with E-state index in [1.54, 1.807) is 0 Å². The molecule has 1 unspecified atom stereocenters. The maximum Gasteiger partial charge on any atom is 0.114 e. The number of hydrogen-bond donors (Lipinski definition) is 0. The van der Waals surface area contributed by atoms with Crippen molar-refractivity contribution >= 4 is 0 Å². The summed E-state index contributed by atoms with van der Waals surface area (Å²) in [6.45, 7) is 5.00. The Hall–Kier alpha value is -0.630. The second-order valence-electron chi connectivity index (χ2n) is 5.94. The third-order valence-corrected chi connectivity index (χ3v) is 4.99. The Labute approximate surface area is 102 Å². The maximum absolute atomic E-state index is 9.53. The summed E-state index contributed by atoms with van der Waals surface area (Å²) in [5.74, 6) is 0.596. The first-order valence-electron chi connectivity index (χ1n) is 6.48. The highest BCUT2D eigenvalue weighted by molar-refractivity contribution is 5.19. The van der Waals surface area contributed by atoms with Crippen LogP contribution in [0.1, 0.15) is 12.8 Å². The zero-order valence-corrected chi connectivity index (χ0v) is 10.4. The molecule has 3 fully saturated rings. The van der Waals surface area contributed by atoms with Crippen LogP contribution in [0.2, 0.25) is 0 Å². The normalized spacial score (nSPS) is 35.4. The summed E-state index contributed by atoms with van der Waals surface area (Å²) in [5, 5.41) is 9.53. The molecule has 0 aromatic rings. The van der Waals surface area contributed by atoms with Crippen LogP contribution in [-0.2, 0) is 9.47 Å². The van der Waals surface area contributed by atoms with Gasteiger partial charge in [0, 0.05) is 12.0 Å². The zero-order valence-electron chi connectivity index (χ0n) is 10.4. The number of rotatable bonds is 2. The van der Waals surface area contributed by atoms with Gasteiger partial charge in [0.05, 0.1) is 32.5 Å².